The first-order valence-corrected chi connectivity index (χ1v) is 8.38. The van der Waals surface area contributed by atoms with Crippen molar-refractivity contribution in [3.63, 3.8) is 0 Å². The van der Waals surface area contributed by atoms with Crippen LogP contribution in [-0.4, -0.2) is 22.2 Å². The van der Waals surface area contributed by atoms with E-state index in [0.717, 1.165) is 3.57 Å². The summed E-state index contributed by atoms with van der Waals surface area (Å²) < 4.78 is 7.47. The van der Waals surface area contributed by atoms with Gasteiger partial charge in [-0.05, 0) is 52.9 Å². The van der Waals surface area contributed by atoms with Gasteiger partial charge in [0.05, 0.1) is 18.4 Å². The van der Waals surface area contributed by atoms with Gasteiger partial charge in [-0.3, -0.25) is 9.59 Å². The molecule has 0 bridgehead atoms. The predicted molar refractivity (Wildman–Crippen MR) is 97.7 cm³/mol. The molecule has 3 rings (SSSR count). The van der Waals surface area contributed by atoms with Crippen molar-refractivity contribution in [1.29, 1.82) is 0 Å². The Morgan fingerprint density at radius 1 is 1.17 bits per heavy atom. The molecule has 7 heteroatoms. The lowest BCUT2D eigenvalue weighted by Crippen LogP contribution is -2.32. The van der Waals surface area contributed by atoms with Crippen molar-refractivity contribution >= 4 is 28.5 Å². The fraction of sp³-hybridized carbons (Fsp3) is 0.118. The number of carbonyl (C=O) groups excluding carboxylic acids is 1. The third-order valence-corrected chi connectivity index (χ3v) is 4.31. The maximum absolute atomic E-state index is 12.2. The molecule has 1 N–H and O–H groups in total. The van der Waals surface area contributed by atoms with Gasteiger partial charge in [-0.25, -0.2) is 4.68 Å². The van der Waals surface area contributed by atoms with Gasteiger partial charge in [-0.15, -0.1) is 0 Å². The van der Waals surface area contributed by atoms with Crippen LogP contribution >= 0.6 is 22.6 Å². The summed E-state index contributed by atoms with van der Waals surface area (Å²) in [4.78, 5) is 24.1. The fourth-order valence-corrected chi connectivity index (χ4v) is 2.81. The van der Waals surface area contributed by atoms with Gasteiger partial charge in [-0.2, -0.15) is 5.10 Å². The summed E-state index contributed by atoms with van der Waals surface area (Å²) >= 11 is 2.12. The monoisotopic (exact) mass is 435 g/mol. The highest BCUT2D eigenvalue weighted by Gasteiger charge is 2.09. The summed E-state index contributed by atoms with van der Waals surface area (Å²) in [5, 5.41) is 7.06. The molecule has 0 radical (unpaired) electrons. The zero-order chi connectivity index (χ0) is 16.9. The zero-order valence-electron chi connectivity index (χ0n) is 12.6. The van der Waals surface area contributed by atoms with Gasteiger partial charge in [0.1, 0.15) is 5.69 Å². The highest BCUT2D eigenvalue weighted by molar-refractivity contribution is 14.1. The van der Waals surface area contributed by atoms with Crippen LogP contribution in [0.1, 0.15) is 10.4 Å². The normalized spacial score (nSPS) is 10.5. The average molecular weight is 435 g/mol. The number of carbonyl (C=O) groups is 1. The molecule has 0 saturated heterocycles. The van der Waals surface area contributed by atoms with E-state index in [1.165, 1.54) is 10.7 Å². The lowest BCUT2D eigenvalue weighted by molar-refractivity contribution is 0.0951. The topological polar surface area (TPSA) is 77.1 Å². The Morgan fingerprint density at radius 2 is 2.00 bits per heavy atom. The average Bonchev–Trinajstić information content (AvgIpc) is 3.11. The van der Waals surface area contributed by atoms with Crippen LogP contribution in [0.25, 0.3) is 11.5 Å². The molecule has 0 fully saturated rings. The minimum Gasteiger partial charge on any atom is -0.463 e. The number of rotatable bonds is 5. The van der Waals surface area contributed by atoms with Crippen molar-refractivity contribution in [1.82, 2.24) is 15.1 Å². The Kier molecular flexibility index (Phi) is 5.09. The second-order valence-corrected chi connectivity index (χ2v) is 6.16. The van der Waals surface area contributed by atoms with E-state index in [9.17, 15) is 9.59 Å². The summed E-state index contributed by atoms with van der Waals surface area (Å²) in [5.41, 5.74) is 0.958. The van der Waals surface area contributed by atoms with Gasteiger partial charge in [0.15, 0.2) is 5.76 Å². The van der Waals surface area contributed by atoms with E-state index in [2.05, 4.69) is 33.0 Å². The third kappa shape index (κ3) is 3.73. The molecule has 1 aromatic carbocycles. The number of benzene rings is 1. The minimum atomic E-state index is -0.228. The first-order chi connectivity index (χ1) is 11.6. The molecule has 3 aromatic rings. The first kappa shape index (κ1) is 16.4. The minimum absolute atomic E-state index is 0.171. The van der Waals surface area contributed by atoms with Crippen LogP contribution in [0.2, 0.25) is 0 Å². The molecular weight excluding hydrogens is 421 g/mol. The molecule has 24 heavy (non-hydrogen) atoms. The van der Waals surface area contributed by atoms with Gasteiger partial charge in [0.25, 0.3) is 11.5 Å². The Hall–Kier alpha value is -2.42. The maximum Gasteiger partial charge on any atom is 0.266 e. The molecule has 0 aliphatic rings. The Morgan fingerprint density at radius 3 is 2.75 bits per heavy atom. The number of hydrogen-bond acceptors (Lipinski definition) is 4. The summed E-state index contributed by atoms with van der Waals surface area (Å²) in [5.74, 6) is 0.418. The van der Waals surface area contributed by atoms with Crippen molar-refractivity contribution in [3.8, 4) is 11.5 Å². The fourth-order valence-electron chi connectivity index (χ4n) is 2.18. The molecule has 122 valence electrons. The van der Waals surface area contributed by atoms with Crippen molar-refractivity contribution < 1.29 is 9.21 Å². The number of nitrogens with zero attached hydrogens (tertiary/aromatic N) is 2. The second kappa shape index (κ2) is 7.43. The van der Waals surface area contributed by atoms with E-state index in [-0.39, 0.29) is 18.0 Å². The zero-order valence-corrected chi connectivity index (χ0v) is 14.8. The van der Waals surface area contributed by atoms with Crippen LogP contribution in [0.3, 0.4) is 0 Å². The largest absolute Gasteiger partial charge is 0.463 e. The summed E-state index contributed by atoms with van der Waals surface area (Å²) in [6.45, 7) is 0.584. The molecule has 2 heterocycles. The van der Waals surface area contributed by atoms with Crippen molar-refractivity contribution in [3.05, 3.63) is 74.3 Å². The van der Waals surface area contributed by atoms with Crippen LogP contribution in [0.15, 0.2) is 64.0 Å². The van der Waals surface area contributed by atoms with E-state index in [0.29, 0.717) is 23.6 Å². The number of hydrogen-bond donors (Lipinski definition) is 1. The van der Waals surface area contributed by atoms with Crippen LogP contribution < -0.4 is 10.9 Å². The van der Waals surface area contributed by atoms with Gasteiger partial charge >= 0.3 is 0 Å². The second-order valence-electron chi connectivity index (χ2n) is 4.99. The van der Waals surface area contributed by atoms with E-state index < -0.39 is 0 Å². The van der Waals surface area contributed by atoms with Crippen molar-refractivity contribution in [2.24, 2.45) is 0 Å². The third-order valence-electron chi connectivity index (χ3n) is 3.37. The molecule has 2 aromatic heterocycles. The van der Waals surface area contributed by atoms with Crippen LogP contribution in [0, 0.1) is 3.57 Å². The number of amides is 1. The van der Waals surface area contributed by atoms with Gasteiger partial charge in [0.2, 0.25) is 0 Å². The molecule has 0 unspecified atom stereocenters. The Labute approximate surface area is 151 Å². The van der Waals surface area contributed by atoms with Crippen LogP contribution in [0.5, 0.6) is 0 Å². The lowest BCUT2D eigenvalue weighted by Gasteiger charge is -2.08. The maximum atomic E-state index is 12.2. The molecule has 1 amide bonds. The summed E-state index contributed by atoms with van der Waals surface area (Å²) in [6, 6.07) is 13.9. The molecular formula is C17H14IN3O3. The van der Waals surface area contributed by atoms with E-state index in [1.54, 1.807) is 30.5 Å². The van der Waals surface area contributed by atoms with Gasteiger partial charge in [-0.1, -0.05) is 12.1 Å². The van der Waals surface area contributed by atoms with Crippen LogP contribution in [-0.2, 0) is 6.54 Å². The molecule has 0 aliphatic carbocycles. The van der Waals surface area contributed by atoms with E-state index in [1.807, 2.05) is 18.2 Å². The molecule has 0 atom stereocenters. The summed E-state index contributed by atoms with van der Waals surface area (Å²) in [6.07, 6.45) is 1.55. The summed E-state index contributed by atoms with van der Waals surface area (Å²) in [7, 11) is 0. The number of nitrogens with one attached hydrogen (secondary N) is 1. The lowest BCUT2D eigenvalue weighted by atomic mass is 10.2. The van der Waals surface area contributed by atoms with Gasteiger partial charge < -0.3 is 9.73 Å². The van der Waals surface area contributed by atoms with Gasteiger partial charge in [0, 0.05) is 16.2 Å². The smallest absolute Gasteiger partial charge is 0.266 e. The number of furan rings is 1. The molecule has 0 spiro atoms. The van der Waals surface area contributed by atoms with Crippen molar-refractivity contribution in [2.75, 3.05) is 6.54 Å². The highest BCUT2D eigenvalue weighted by atomic mass is 127. The van der Waals surface area contributed by atoms with E-state index in [4.69, 9.17) is 4.42 Å². The van der Waals surface area contributed by atoms with E-state index >= 15 is 0 Å². The van der Waals surface area contributed by atoms with Crippen molar-refractivity contribution in [2.45, 2.75) is 6.54 Å². The quantitative estimate of drug-likeness (QED) is 0.626. The highest BCUT2D eigenvalue weighted by Crippen LogP contribution is 2.15. The van der Waals surface area contributed by atoms with Crippen LogP contribution in [0.4, 0.5) is 0 Å². The molecule has 0 aliphatic heterocycles. The molecule has 0 saturated carbocycles. The Balaban J connectivity index is 1.67. The predicted octanol–water partition coefficient (Wildman–Crippen LogP) is 2.54. The molecule has 6 nitrogen and oxygen atoms in total. The SMILES string of the molecule is O=C(NCCn1nc(-c2ccco2)ccc1=O)c1ccccc1I. The number of aromatic nitrogens is 2. The standard InChI is InChI=1S/C17H14IN3O3/c18-13-5-2-1-4-12(13)17(23)19-9-10-21-16(22)8-7-14(20-21)15-6-3-11-24-15/h1-8,11H,9-10H2,(H,19,23). The Bertz CT molecular complexity index is 903. The number of halogens is 1. The first-order valence-electron chi connectivity index (χ1n) is 7.30.